The molecule has 0 bridgehead atoms. The monoisotopic (exact) mass is 464 g/mol. The van der Waals surface area contributed by atoms with Crippen LogP contribution in [0.2, 0.25) is 0 Å². The summed E-state index contributed by atoms with van der Waals surface area (Å²) < 4.78 is 0. The molecule has 14 heteroatoms. The van der Waals surface area contributed by atoms with Gasteiger partial charge in [0.25, 0.3) is 5.69 Å². The molecule has 2 rings (SSSR count). The summed E-state index contributed by atoms with van der Waals surface area (Å²) in [7, 11) is 0. The van der Waals surface area contributed by atoms with Crippen LogP contribution in [0.25, 0.3) is 0 Å². The summed E-state index contributed by atoms with van der Waals surface area (Å²) in [5.41, 5.74) is 4.31. The molecule has 0 aromatic heterocycles. The number of nitrogens with one attached hydrogen (secondary N) is 1. The number of nitro groups is 4. The van der Waals surface area contributed by atoms with E-state index in [-0.39, 0.29) is 28.8 Å². The summed E-state index contributed by atoms with van der Waals surface area (Å²) in [6.45, 7) is 7.10. The van der Waals surface area contributed by atoms with Gasteiger partial charge in [0.05, 0.1) is 19.7 Å². The molecular weight excluding hydrogens is 440 g/mol. The van der Waals surface area contributed by atoms with Crippen LogP contribution in [-0.4, -0.2) is 25.7 Å². The third-order valence-electron chi connectivity index (χ3n) is 4.93. The molecule has 0 spiro atoms. The maximum atomic E-state index is 11.3. The van der Waals surface area contributed by atoms with Crippen LogP contribution in [0.4, 0.5) is 34.1 Å². The summed E-state index contributed by atoms with van der Waals surface area (Å²) in [4.78, 5) is 40.3. The van der Waals surface area contributed by atoms with Crippen molar-refractivity contribution in [1.82, 2.24) is 0 Å². The van der Waals surface area contributed by atoms with Gasteiger partial charge in [0.2, 0.25) is 0 Å². The zero-order chi connectivity index (χ0) is 25.5. The number of nitrogen functional groups attached to an aromatic ring is 1. The predicted octanol–water partition coefficient (Wildman–Crippen LogP) is 4.81. The molecule has 0 heterocycles. The molecule has 33 heavy (non-hydrogen) atoms. The van der Waals surface area contributed by atoms with Crippen molar-refractivity contribution in [1.29, 1.82) is 0 Å². The molecule has 0 aliphatic heterocycles. The van der Waals surface area contributed by atoms with Crippen LogP contribution in [0.1, 0.15) is 37.8 Å². The Bertz CT molecular complexity index is 1080. The number of nitro benzene ring substituents is 4. The third kappa shape index (κ3) is 6.32. The summed E-state index contributed by atoms with van der Waals surface area (Å²) in [6, 6.07) is 4.92. The van der Waals surface area contributed by atoms with Crippen LogP contribution in [0, 0.1) is 54.3 Å². The van der Waals surface area contributed by atoms with E-state index < -0.39 is 31.1 Å². The van der Waals surface area contributed by atoms with Crippen molar-refractivity contribution in [2.45, 2.75) is 46.6 Å². The van der Waals surface area contributed by atoms with E-state index in [9.17, 15) is 40.5 Å². The Kier molecular flexibility index (Phi) is 9.14. The lowest BCUT2D eigenvalue weighted by molar-refractivity contribution is -0.421. The lowest BCUT2D eigenvalue weighted by atomic mass is 10.0. The molecule has 0 aliphatic rings. The van der Waals surface area contributed by atoms with Gasteiger partial charge in [-0.1, -0.05) is 19.9 Å². The first-order valence-electron chi connectivity index (χ1n) is 9.73. The van der Waals surface area contributed by atoms with E-state index in [1.165, 1.54) is 18.2 Å². The number of para-hydroxylation sites is 1. The van der Waals surface area contributed by atoms with Crippen molar-refractivity contribution in [3.8, 4) is 0 Å². The number of benzene rings is 2. The molecule has 2 aromatic carbocycles. The number of hydrogen-bond acceptors (Lipinski definition) is 10. The van der Waals surface area contributed by atoms with E-state index in [4.69, 9.17) is 5.73 Å². The van der Waals surface area contributed by atoms with Crippen LogP contribution in [0.5, 0.6) is 0 Å². The lowest BCUT2D eigenvalue weighted by Crippen LogP contribution is -2.19. The molecule has 0 saturated heterocycles. The topological polar surface area (TPSA) is 211 Å². The van der Waals surface area contributed by atoms with E-state index in [1.54, 1.807) is 13.8 Å². The fourth-order valence-corrected chi connectivity index (χ4v) is 2.99. The number of nitrogens with zero attached hydrogens (tertiary/aromatic N) is 4. The number of anilines is 2. The Morgan fingerprint density at radius 1 is 0.848 bits per heavy atom. The fourth-order valence-electron chi connectivity index (χ4n) is 2.99. The highest BCUT2D eigenvalue weighted by molar-refractivity contribution is 5.78. The summed E-state index contributed by atoms with van der Waals surface area (Å²) in [6.07, 6.45) is 1.47. The molecule has 2 aromatic rings. The minimum Gasteiger partial charge on any atom is -0.393 e. The minimum atomic E-state index is -0.868. The first-order valence-corrected chi connectivity index (χ1v) is 9.73. The second kappa shape index (κ2) is 11.3. The molecule has 3 N–H and O–H groups in total. The average molecular weight is 464 g/mol. The van der Waals surface area contributed by atoms with E-state index in [0.717, 1.165) is 18.9 Å². The maximum absolute atomic E-state index is 11.3. The highest BCUT2D eigenvalue weighted by Gasteiger charge is 2.30. The smallest absolute Gasteiger partial charge is 0.368 e. The van der Waals surface area contributed by atoms with Crippen molar-refractivity contribution >= 4 is 34.1 Å². The number of rotatable bonds is 8. The number of nitrogens with two attached hydrogens (primary N) is 1. The second-order valence-electron chi connectivity index (χ2n) is 6.96. The lowest BCUT2D eigenvalue weighted by Gasteiger charge is -2.17. The van der Waals surface area contributed by atoms with Crippen LogP contribution in [0.3, 0.4) is 0 Å². The zero-order valence-corrected chi connectivity index (χ0v) is 18.4. The maximum Gasteiger partial charge on any atom is 0.368 e. The van der Waals surface area contributed by atoms with Crippen LogP contribution in [0.15, 0.2) is 24.3 Å². The van der Waals surface area contributed by atoms with Gasteiger partial charge in [-0.15, -0.1) is 0 Å². The SMILES string of the molecule is CCC(CC)Nc1c([N+](=O)[O-])cc(C)c(C)c1[N+](=O)[O-].Nc1cccc([N+](=O)[O-])c1[N+](=O)[O-]. The van der Waals surface area contributed by atoms with Crippen molar-refractivity contribution < 1.29 is 19.7 Å². The van der Waals surface area contributed by atoms with Gasteiger partial charge in [-0.2, -0.15) is 0 Å². The van der Waals surface area contributed by atoms with Gasteiger partial charge in [0, 0.05) is 23.7 Å². The predicted molar refractivity (Wildman–Crippen MR) is 121 cm³/mol. The van der Waals surface area contributed by atoms with E-state index in [0.29, 0.717) is 11.1 Å². The highest BCUT2D eigenvalue weighted by atomic mass is 16.6. The minimum absolute atomic E-state index is 0.0109. The molecule has 0 aliphatic carbocycles. The molecule has 0 saturated carbocycles. The fraction of sp³-hybridized carbons (Fsp3) is 0.368. The number of hydrogen-bond donors (Lipinski definition) is 2. The molecule has 14 nitrogen and oxygen atoms in total. The summed E-state index contributed by atoms with van der Waals surface area (Å²) >= 11 is 0. The quantitative estimate of drug-likeness (QED) is 0.309. The van der Waals surface area contributed by atoms with Crippen LogP contribution < -0.4 is 11.1 Å². The van der Waals surface area contributed by atoms with Gasteiger partial charge in [0.15, 0.2) is 5.69 Å². The largest absolute Gasteiger partial charge is 0.393 e. The van der Waals surface area contributed by atoms with Gasteiger partial charge in [-0.25, -0.2) is 0 Å². The van der Waals surface area contributed by atoms with Crippen molar-refractivity contribution in [2.75, 3.05) is 11.1 Å². The van der Waals surface area contributed by atoms with Gasteiger partial charge in [0.1, 0.15) is 5.69 Å². The van der Waals surface area contributed by atoms with Crippen molar-refractivity contribution in [3.05, 3.63) is 75.8 Å². The number of aryl methyl sites for hydroxylation is 1. The Hall–Kier alpha value is -4.36. The van der Waals surface area contributed by atoms with E-state index in [1.807, 2.05) is 13.8 Å². The molecule has 0 unspecified atom stereocenters. The average Bonchev–Trinajstić information content (AvgIpc) is 2.73. The second-order valence-corrected chi connectivity index (χ2v) is 6.96. The Balaban J connectivity index is 0.000000361. The van der Waals surface area contributed by atoms with E-state index in [2.05, 4.69) is 5.32 Å². The molecule has 178 valence electrons. The van der Waals surface area contributed by atoms with Crippen molar-refractivity contribution in [3.63, 3.8) is 0 Å². The van der Waals surface area contributed by atoms with Gasteiger partial charge >= 0.3 is 17.1 Å². The molecule has 0 amide bonds. The standard InChI is InChI=1S/C13H19N3O4.C6H5N3O4/c1-5-10(6-2)14-12-11(15(17)18)7-8(3)9(4)13(12)16(19)20;7-4-2-1-3-5(8(10)11)6(4)9(12)13/h7,10,14H,5-6H2,1-4H3;1-3H,7H2. The van der Waals surface area contributed by atoms with Gasteiger partial charge in [-0.05, 0) is 38.3 Å². The van der Waals surface area contributed by atoms with Crippen LogP contribution >= 0.6 is 0 Å². The van der Waals surface area contributed by atoms with Gasteiger partial charge < -0.3 is 11.1 Å². The molecule has 0 radical (unpaired) electrons. The molecular formula is C19H24N6O8. The zero-order valence-electron chi connectivity index (χ0n) is 18.4. The summed E-state index contributed by atoms with van der Waals surface area (Å²) in [5, 5.41) is 46.1. The molecule has 0 fully saturated rings. The van der Waals surface area contributed by atoms with Crippen LogP contribution in [-0.2, 0) is 0 Å². The van der Waals surface area contributed by atoms with Crippen molar-refractivity contribution in [2.24, 2.45) is 0 Å². The first-order chi connectivity index (χ1) is 15.4. The summed E-state index contributed by atoms with van der Waals surface area (Å²) in [5.74, 6) is 0. The Labute approximate surface area is 188 Å². The third-order valence-corrected chi connectivity index (χ3v) is 4.93. The highest BCUT2D eigenvalue weighted by Crippen LogP contribution is 2.39. The Morgan fingerprint density at radius 2 is 1.36 bits per heavy atom. The Morgan fingerprint density at radius 3 is 1.76 bits per heavy atom. The van der Waals surface area contributed by atoms with E-state index >= 15 is 0 Å². The molecule has 0 atom stereocenters. The normalized spacial score (nSPS) is 10.2. The first kappa shape index (κ1) is 26.7. The van der Waals surface area contributed by atoms with Gasteiger partial charge in [-0.3, -0.25) is 40.5 Å².